The van der Waals surface area contributed by atoms with Crippen molar-refractivity contribution in [1.29, 1.82) is 0 Å². The standard InChI is InChI=1S/C22H27FN8O3/c1-12(2)7-18(13(3)27-22(33)34)29-21-17(23)9-16(19(24)32)20(30-21)28-14-8-15(11-25-10-14)31-6-4-5-26-31/h4-6,8-13,18,27H,7H2,1-3H3,(H2,24,32)(H,33,34)(H2,28,29,30)/t13-,18-/m0/s1. The third-order valence-electron chi connectivity index (χ3n) is 5.00. The van der Waals surface area contributed by atoms with Crippen LogP contribution in [-0.4, -0.2) is 48.9 Å². The summed E-state index contributed by atoms with van der Waals surface area (Å²) in [5, 5.41) is 21.6. The Kier molecular flexibility index (Phi) is 7.61. The fourth-order valence-corrected chi connectivity index (χ4v) is 3.42. The van der Waals surface area contributed by atoms with Gasteiger partial charge in [0.15, 0.2) is 11.6 Å². The number of carbonyl (C=O) groups excluding carboxylic acids is 1. The van der Waals surface area contributed by atoms with Gasteiger partial charge in [0.25, 0.3) is 5.91 Å². The number of anilines is 3. The van der Waals surface area contributed by atoms with E-state index in [0.717, 1.165) is 6.07 Å². The van der Waals surface area contributed by atoms with Gasteiger partial charge in [-0.15, -0.1) is 0 Å². The molecule has 0 aliphatic heterocycles. The fraction of sp³-hybridized carbons (Fsp3) is 0.318. The Morgan fingerprint density at radius 2 is 1.97 bits per heavy atom. The molecule has 12 heteroatoms. The molecule has 3 aromatic rings. The van der Waals surface area contributed by atoms with Crippen molar-refractivity contribution >= 4 is 29.3 Å². The van der Waals surface area contributed by atoms with Gasteiger partial charge in [-0.1, -0.05) is 13.8 Å². The van der Waals surface area contributed by atoms with E-state index in [1.807, 2.05) is 13.8 Å². The van der Waals surface area contributed by atoms with Gasteiger partial charge in [-0.3, -0.25) is 9.78 Å². The summed E-state index contributed by atoms with van der Waals surface area (Å²) >= 11 is 0. The summed E-state index contributed by atoms with van der Waals surface area (Å²) in [5.41, 5.74) is 6.43. The second-order valence-electron chi connectivity index (χ2n) is 8.21. The third kappa shape index (κ3) is 6.18. The summed E-state index contributed by atoms with van der Waals surface area (Å²) in [5.74, 6) is -1.58. The van der Waals surface area contributed by atoms with Crippen LogP contribution in [-0.2, 0) is 0 Å². The zero-order valence-electron chi connectivity index (χ0n) is 19.0. The number of pyridine rings is 2. The van der Waals surface area contributed by atoms with Crippen LogP contribution in [0.4, 0.5) is 26.5 Å². The van der Waals surface area contributed by atoms with E-state index in [4.69, 9.17) is 10.8 Å². The van der Waals surface area contributed by atoms with Gasteiger partial charge < -0.3 is 26.8 Å². The summed E-state index contributed by atoms with van der Waals surface area (Å²) in [6.45, 7) is 5.61. The molecule has 3 rings (SSSR count). The van der Waals surface area contributed by atoms with E-state index in [1.165, 1.54) is 6.20 Å². The van der Waals surface area contributed by atoms with Crippen LogP contribution < -0.4 is 21.7 Å². The lowest BCUT2D eigenvalue weighted by molar-refractivity contribution is 0.100. The maximum Gasteiger partial charge on any atom is 0.404 e. The molecule has 6 N–H and O–H groups in total. The average Bonchev–Trinajstić information content (AvgIpc) is 3.29. The van der Waals surface area contributed by atoms with Crippen molar-refractivity contribution < 1.29 is 19.1 Å². The molecule has 0 unspecified atom stereocenters. The molecule has 0 bridgehead atoms. The third-order valence-corrected chi connectivity index (χ3v) is 5.00. The van der Waals surface area contributed by atoms with Crippen molar-refractivity contribution in [3.63, 3.8) is 0 Å². The van der Waals surface area contributed by atoms with Crippen LogP contribution in [0.5, 0.6) is 0 Å². The topological polar surface area (TPSA) is 160 Å². The normalized spacial score (nSPS) is 12.7. The number of nitrogens with two attached hydrogens (primary N) is 1. The first kappa shape index (κ1) is 24.4. The molecule has 34 heavy (non-hydrogen) atoms. The Balaban J connectivity index is 1.94. The van der Waals surface area contributed by atoms with E-state index in [0.29, 0.717) is 17.8 Å². The van der Waals surface area contributed by atoms with E-state index in [9.17, 15) is 14.0 Å². The Morgan fingerprint density at radius 3 is 2.59 bits per heavy atom. The van der Waals surface area contributed by atoms with Gasteiger partial charge in [-0.05, 0) is 37.5 Å². The quantitative estimate of drug-likeness (QED) is 0.302. The molecule has 2 amide bonds. The molecule has 0 saturated carbocycles. The minimum Gasteiger partial charge on any atom is -0.465 e. The summed E-state index contributed by atoms with van der Waals surface area (Å²) in [7, 11) is 0. The smallest absolute Gasteiger partial charge is 0.404 e. The first-order chi connectivity index (χ1) is 16.1. The summed E-state index contributed by atoms with van der Waals surface area (Å²) in [4.78, 5) is 31.5. The number of hydrogen-bond acceptors (Lipinski definition) is 7. The lowest BCUT2D eigenvalue weighted by Crippen LogP contribution is -2.45. The second-order valence-corrected chi connectivity index (χ2v) is 8.21. The number of aromatic nitrogens is 4. The molecule has 0 spiro atoms. The molecular formula is C22H27FN8O3. The molecule has 0 aromatic carbocycles. The van der Waals surface area contributed by atoms with Gasteiger partial charge >= 0.3 is 6.09 Å². The van der Waals surface area contributed by atoms with Crippen LogP contribution in [0, 0.1) is 11.7 Å². The van der Waals surface area contributed by atoms with Gasteiger partial charge in [-0.25, -0.2) is 18.9 Å². The number of rotatable bonds is 10. The number of hydrogen-bond donors (Lipinski definition) is 5. The Labute approximate surface area is 195 Å². The van der Waals surface area contributed by atoms with Crippen molar-refractivity contribution in [1.82, 2.24) is 25.1 Å². The number of carboxylic acid groups (broad SMARTS) is 1. The SMILES string of the molecule is CC(C)C[C@H](Nc1nc(Nc2cncc(-n3cccn3)c2)c(C(N)=O)cc1F)[C@H](C)NC(=O)O. The number of halogens is 1. The number of nitrogens with one attached hydrogen (secondary N) is 3. The van der Waals surface area contributed by atoms with Gasteiger partial charge in [0, 0.05) is 24.5 Å². The maximum atomic E-state index is 14.9. The molecule has 0 fully saturated rings. The van der Waals surface area contributed by atoms with E-state index in [2.05, 4.69) is 31.0 Å². The second kappa shape index (κ2) is 10.6. The molecule has 0 aliphatic rings. The first-order valence-electron chi connectivity index (χ1n) is 10.6. The molecular weight excluding hydrogens is 443 g/mol. The van der Waals surface area contributed by atoms with Gasteiger partial charge in [0.2, 0.25) is 0 Å². The lowest BCUT2D eigenvalue weighted by Gasteiger charge is -2.27. The first-order valence-corrected chi connectivity index (χ1v) is 10.6. The lowest BCUT2D eigenvalue weighted by atomic mass is 9.98. The van der Waals surface area contributed by atoms with Crippen LogP contribution in [0.2, 0.25) is 0 Å². The zero-order valence-corrected chi connectivity index (χ0v) is 19.0. The fourth-order valence-electron chi connectivity index (χ4n) is 3.42. The molecule has 180 valence electrons. The summed E-state index contributed by atoms with van der Waals surface area (Å²) < 4.78 is 16.5. The monoisotopic (exact) mass is 470 g/mol. The number of carbonyl (C=O) groups is 2. The summed E-state index contributed by atoms with van der Waals surface area (Å²) in [6.07, 6.45) is 5.83. The predicted molar refractivity (Wildman–Crippen MR) is 125 cm³/mol. The van der Waals surface area contributed by atoms with Crippen molar-refractivity contribution in [2.45, 2.75) is 39.3 Å². The van der Waals surface area contributed by atoms with Crippen molar-refractivity contribution in [2.24, 2.45) is 11.7 Å². The van der Waals surface area contributed by atoms with Crippen molar-refractivity contribution in [3.05, 3.63) is 54.4 Å². The minimum atomic E-state index is -1.19. The van der Waals surface area contributed by atoms with E-state index in [1.54, 1.807) is 42.3 Å². The Hall–Kier alpha value is -4.22. The minimum absolute atomic E-state index is 0.0259. The van der Waals surface area contributed by atoms with Crippen LogP contribution in [0.25, 0.3) is 5.69 Å². The van der Waals surface area contributed by atoms with E-state index < -0.39 is 29.9 Å². The average molecular weight is 471 g/mol. The highest BCUT2D eigenvalue weighted by Crippen LogP contribution is 2.26. The van der Waals surface area contributed by atoms with Crippen molar-refractivity contribution in [3.8, 4) is 5.69 Å². The largest absolute Gasteiger partial charge is 0.465 e. The maximum absolute atomic E-state index is 14.9. The van der Waals surface area contributed by atoms with Gasteiger partial charge in [-0.2, -0.15) is 5.10 Å². The molecule has 3 aromatic heterocycles. The van der Waals surface area contributed by atoms with Crippen LogP contribution in [0.1, 0.15) is 37.6 Å². The predicted octanol–water partition coefficient (Wildman–Crippen LogP) is 3.13. The van der Waals surface area contributed by atoms with Crippen LogP contribution in [0.3, 0.4) is 0 Å². The molecule has 11 nitrogen and oxygen atoms in total. The Morgan fingerprint density at radius 1 is 1.21 bits per heavy atom. The molecule has 2 atom stereocenters. The highest BCUT2D eigenvalue weighted by molar-refractivity contribution is 5.98. The van der Waals surface area contributed by atoms with Gasteiger partial charge in [0.1, 0.15) is 5.82 Å². The molecule has 3 heterocycles. The molecule has 0 aliphatic carbocycles. The van der Waals surface area contributed by atoms with Gasteiger partial charge in [0.05, 0.1) is 29.3 Å². The van der Waals surface area contributed by atoms with Crippen molar-refractivity contribution in [2.75, 3.05) is 10.6 Å². The summed E-state index contributed by atoms with van der Waals surface area (Å²) in [6, 6.07) is 3.48. The highest BCUT2D eigenvalue weighted by Gasteiger charge is 2.24. The zero-order chi connectivity index (χ0) is 24.8. The number of amides is 2. The molecule has 0 radical (unpaired) electrons. The number of nitrogens with zero attached hydrogens (tertiary/aromatic N) is 4. The van der Waals surface area contributed by atoms with Crippen LogP contribution >= 0.6 is 0 Å². The number of primary amides is 1. The van der Waals surface area contributed by atoms with E-state index >= 15 is 0 Å². The van der Waals surface area contributed by atoms with Crippen LogP contribution in [0.15, 0.2) is 43.0 Å². The highest BCUT2D eigenvalue weighted by atomic mass is 19.1. The van der Waals surface area contributed by atoms with E-state index in [-0.39, 0.29) is 23.1 Å². The Bertz CT molecular complexity index is 1150. The molecule has 0 saturated heterocycles.